The molecule has 4 heteroatoms. The van der Waals surface area contributed by atoms with Crippen LogP contribution in [0, 0.1) is 0 Å². The molecule has 0 aliphatic heterocycles. The van der Waals surface area contributed by atoms with Crippen LogP contribution in [0.3, 0.4) is 0 Å². The van der Waals surface area contributed by atoms with Crippen LogP contribution in [0.1, 0.15) is 24.8 Å². The smallest absolute Gasteiger partial charge is 0.128 e. The van der Waals surface area contributed by atoms with Crippen LogP contribution in [0.15, 0.2) is 18.3 Å². The normalized spacial score (nSPS) is 10.4. The fourth-order valence-electron chi connectivity index (χ4n) is 1.52. The van der Waals surface area contributed by atoms with E-state index in [4.69, 9.17) is 10.8 Å². The second-order valence-electron chi connectivity index (χ2n) is 3.93. The number of anilines is 1. The predicted octanol–water partition coefficient (Wildman–Crippen LogP) is 1.14. The Labute approximate surface area is 97.1 Å². The lowest BCUT2D eigenvalue weighted by Gasteiger charge is -2.18. The van der Waals surface area contributed by atoms with Crippen LogP contribution < -0.4 is 10.6 Å². The van der Waals surface area contributed by atoms with Gasteiger partial charge >= 0.3 is 0 Å². The highest BCUT2D eigenvalue weighted by molar-refractivity contribution is 5.38. The van der Waals surface area contributed by atoms with E-state index in [2.05, 4.69) is 9.88 Å². The van der Waals surface area contributed by atoms with Crippen molar-refractivity contribution in [1.29, 1.82) is 0 Å². The van der Waals surface area contributed by atoms with E-state index in [1.165, 1.54) is 0 Å². The van der Waals surface area contributed by atoms with E-state index in [0.29, 0.717) is 6.54 Å². The SMILES string of the molecule is CN(CCCCCO)c1ccc(CN)cn1. The lowest BCUT2D eigenvalue weighted by molar-refractivity contribution is 0.283. The van der Waals surface area contributed by atoms with Crippen molar-refractivity contribution in [2.45, 2.75) is 25.8 Å². The standard InChI is InChI=1S/C12H21N3O/c1-15(7-3-2-4-8-16)12-6-5-11(9-13)10-14-12/h5-6,10,16H,2-4,7-9,13H2,1H3. The highest BCUT2D eigenvalue weighted by atomic mass is 16.2. The minimum atomic E-state index is 0.285. The molecule has 3 N–H and O–H groups in total. The van der Waals surface area contributed by atoms with Crippen LogP contribution in [0.4, 0.5) is 5.82 Å². The average Bonchev–Trinajstić information content (AvgIpc) is 2.34. The van der Waals surface area contributed by atoms with E-state index < -0.39 is 0 Å². The number of unbranched alkanes of at least 4 members (excludes halogenated alkanes) is 2. The zero-order valence-electron chi connectivity index (χ0n) is 9.89. The van der Waals surface area contributed by atoms with Crippen molar-refractivity contribution in [2.24, 2.45) is 5.73 Å². The van der Waals surface area contributed by atoms with E-state index in [-0.39, 0.29) is 6.61 Å². The molecule has 0 atom stereocenters. The first-order valence-electron chi connectivity index (χ1n) is 5.75. The molecule has 1 rings (SSSR count). The molecule has 1 aromatic rings. The van der Waals surface area contributed by atoms with E-state index in [9.17, 15) is 0 Å². The Hall–Kier alpha value is -1.13. The lowest BCUT2D eigenvalue weighted by atomic mass is 10.2. The summed E-state index contributed by atoms with van der Waals surface area (Å²) in [7, 11) is 2.03. The number of aromatic nitrogens is 1. The van der Waals surface area contributed by atoms with Crippen LogP contribution in [0.5, 0.6) is 0 Å². The van der Waals surface area contributed by atoms with E-state index in [1.54, 1.807) is 0 Å². The second-order valence-corrected chi connectivity index (χ2v) is 3.93. The number of aliphatic hydroxyl groups excluding tert-OH is 1. The quantitative estimate of drug-likeness (QED) is 0.680. The molecule has 0 aromatic carbocycles. The Morgan fingerprint density at radius 3 is 2.69 bits per heavy atom. The maximum Gasteiger partial charge on any atom is 0.128 e. The third kappa shape index (κ3) is 4.16. The van der Waals surface area contributed by atoms with Crippen LogP contribution in [0.2, 0.25) is 0 Å². The molecule has 0 spiro atoms. The third-order valence-corrected chi connectivity index (χ3v) is 2.59. The molecule has 0 saturated carbocycles. The van der Waals surface area contributed by atoms with Gasteiger partial charge < -0.3 is 15.7 Å². The molecule has 90 valence electrons. The highest BCUT2D eigenvalue weighted by Gasteiger charge is 2.01. The van der Waals surface area contributed by atoms with Crippen molar-refractivity contribution < 1.29 is 5.11 Å². The maximum absolute atomic E-state index is 8.67. The van der Waals surface area contributed by atoms with Gasteiger partial charge in [0.25, 0.3) is 0 Å². The molecular weight excluding hydrogens is 202 g/mol. The van der Waals surface area contributed by atoms with Gasteiger partial charge in [0.1, 0.15) is 5.82 Å². The van der Waals surface area contributed by atoms with Crippen LogP contribution in [-0.4, -0.2) is 30.3 Å². The van der Waals surface area contributed by atoms with Crippen LogP contribution >= 0.6 is 0 Å². The van der Waals surface area contributed by atoms with Gasteiger partial charge in [-0.15, -0.1) is 0 Å². The third-order valence-electron chi connectivity index (χ3n) is 2.59. The molecule has 16 heavy (non-hydrogen) atoms. The number of hydrogen-bond donors (Lipinski definition) is 2. The number of aliphatic hydroxyl groups is 1. The van der Waals surface area contributed by atoms with Crippen molar-refractivity contribution >= 4 is 5.82 Å². The summed E-state index contributed by atoms with van der Waals surface area (Å²) < 4.78 is 0. The van der Waals surface area contributed by atoms with E-state index in [1.807, 2.05) is 25.4 Å². The molecule has 0 fully saturated rings. The Morgan fingerprint density at radius 2 is 2.12 bits per heavy atom. The molecule has 0 amide bonds. The second kappa shape index (κ2) is 7.19. The first-order valence-corrected chi connectivity index (χ1v) is 5.75. The Bertz CT molecular complexity index is 287. The van der Waals surface area contributed by atoms with Gasteiger partial charge in [-0.25, -0.2) is 4.98 Å². The van der Waals surface area contributed by atoms with Gasteiger partial charge in [0, 0.05) is 32.9 Å². The van der Waals surface area contributed by atoms with Gasteiger partial charge in [-0.1, -0.05) is 6.07 Å². The molecule has 0 aliphatic rings. The summed E-state index contributed by atoms with van der Waals surface area (Å²) in [4.78, 5) is 6.47. The topological polar surface area (TPSA) is 62.4 Å². The maximum atomic E-state index is 8.67. The summed E-state index contributed by atoms with van der Waals surface area (Å²) in [5, 5.41) is 8.67. The van der Waals surface area contributed by atoms with Crippen molar-refractivity contribution in [3.8, 4) is 0 Å². The molecule has 0 bridgehead atoms. The van der Waals surface area contributed by atoms with Crippen molar-refractivity contribution in [3.05, 3.63) is 23.9 Å². The Kier molecular flexibility index (Phi) is 5.82. The number of rotatable bonds is 7. The molecule has 1 aromatic heterocycles. The van der Waals surface area contributed by atoms with E-state index >= 15 is 0 Å². The minimum Gasteiger partial charge on any atom is -0.396 e. The summed E-state index contributed by atoms with van der Waals surface area (Å²) >= 11 is 0. The molecule has 0 unspecified atom stereocenters. The van der Waals surface area contributed by atoms with Gasteiger partial charge in [-0.2, -0.15) is 0 Å². The molecule has 4 nitrogen and oxygen atoms in total. The number of hydrogen-bond acceptors (Lipinski definition) is 4. The average molecular weight is 223 g/mol. The molecule has 1 heterocycles. The lowest BCUT2D eigenvalue weighted by Crippen LogP contribution is -2.19. The van der Waals surface area contributed by atoms with Gasteiger partial charge in [0.2, 0.25) is 0 Å². The first-order chi connectivity index (χ1) is 7.77. The first kappa shape index (κ1) is 12.9. The van der Waals surface area contributed by atoms with E-state index in [0.717, 1.165) is 37.2 Å². The Morgan fingerprint density at radius 1 is 1.31 bits per heavy atom. The molecule has 0 aliphatic carbocycles. The van der Waals surface area contributed by atoms with Crippen molar-refractivity contribution in [3.63, 3.8) is 0 Å². The Balaban J connectivity index is 2.37. The van der Waals surface area contributed by atoms with Crippen molar-refractivity contribution in [2.75, 3.05) is 25.1 Å². The minimum absolute atomic E-state index is 0.285. The number of pyridine rings is 1. The number of nitrogens with zero attached hydrogens (tertiary/aromatic N) is 2. The largest absolute Gasteiger partial charge is 0.396 e. The van der Waals surface area contributed by atoms with Gasteiger partial charge in [0.05, 0.1) is 0 Å². The van der Waals surface area contributed by atoms with Crippen LogP contribution in [0.25, 0.3) is 0 Å². The molecule has 0 saturated heterocycles. The fourth-order valence-corrected chi connectivity index (χ4v) is 1.52. The zero-order chi connectivity index (χ0) is 11.8. The van der Waals surface area contributed by atoms with Crippen LogP contribution in [-0.2, 0) is 6.54 Å². The summed E-state index contributed by atoms with van der Waals surface area (Å²) in [6.45, 7) is 1.79. The zero-order valence-corrected chi connectivity index (χ0v) is 9.89. The van der Waals surface area contributed by atoms with Gasteiger partial charge in [-0.05, 0) is 30.9 Å². The molecular formula is C12H21N3O. The molecule has 0 radical (unpaired) electrons. The summed E-state index contributed by atoms with van der Waals surface area (Å²) in [6.07, 6.45) is 4.84. The summed E-state index contributed by atoms with van der Waals surface area (Å²) in [5.41, 5.74) is 6.57. The monoisotopic (exact) mass is 223 g/mol. The fraction of sp³-hybridized carbons (Fsp3) is 0.583. The summed E-state index contributed by atoms with van der Waals surface area (Å²) in [6, 6.07) is 4.00. The van der Waals surface area contributed by atoms with Crippen molar-refractivity contribution in [1.82, 2.24) is 4.98 Å². The number of nitrogens with two attached hydrogens (primary N) is 1. The predicted molar refractivity (Wildman–Crippen MR) is 66.3 cm³/mol. The summed E-state index contributed by atoms with van der Waals surface area (Å²) in [5.74, 6) is 0.973. The van der Waals surface area contributed by atoms with Gasteiger partial charge in [-0.3, -0.25) is 0 Å². The van der Waals surface area contributed by atoms with Gasteiger partial charge in [0.15, 0.2) is 0 Å². The highest BCUT2D eigenvalue weighted by Crippen LogP contribution is 2.10.